The quantitative estimate of drug-likeness (QED) is 0.128. The van der Waals surface area contributed by atoms with Crippen molar-refractivity contribution in [3.63, 3.8) is 0 Å². The number of rotatable bonds is 6. The van der Waals surface area contributed by atoms with E-state index in [1.165, 1.54) is 87.6 Å². The summed E-state index contributed by atoms with van der Waals surface area (Å²) in [5.74, 6) is 0. The zero-order valence-corrected chi connectivity index (χ0v) is 27.2. The monoisotopic (exact) mass is 622 g/mol. The van der Waals surface area contributed by atoms with E-state index in [0.29, 0.717) is 0 Å². The molecule has 0 bridgehead atoms. The SMILES string of the molecule is C(=C\c1ccc(-c2c3ccccc3c(-c3ccccc3)c3c2ccc2ccccc23)cc1)/Cc1ccc(-c2ccc3ccccc3c2)cc1. The van der Waals surface area contributed by atoms with E-state index in [0.717, 1.165) is 6.42 Å². The van der Waals surface area contributed by atoms with Crippen LogP contribution in [0.2, 0.25) is 0 Å². The summed E-state index contributed by atoms with van der Waals surface area (Å²) in [6.45, 7) is 0. The Morgan fingerprint density at radius 3 is 1.69 bits per heavy atom. The number of fused-ring (bicyclic) bond motifs is 5. The zero-order chi connectivity index (χ0) is 32.6. The maximum atomic E-state index is 2.32. The molecule has 49 heavy (non-hydrogen) atoms. The molecule has 9 aromatic carbocycles. The van der Waals surface area contributed by atoms with E-state index in [4.69, 9.17) is 0 Å². The van der Waals surface area contributed by atoms with Crippen LogP contribution < -0.4 is 0 Å². The van der Waals surface area contributed by atoms with Gasteiger partial charge >= 0.3 is 0 Å². The van der Waals surface area contributed by atoms with E-state index in [-0.39, 0.29) is 0 Å². The number of benzene rings is 9. The maximum Gasteiger partial charge on any atom is -0.00141 e. The minimum atomic E-state index is 0.892. The summed E-state index contributed by atoms with van der Waals surface area (Å²) in [7, 11) is 0. The van der Waals surface area contributed by atoms with Gasteiger partial charge in [-0.05, 0) is 100 Å². The predicted molar refractivity (Wildman–Crippen MR) is 212 cm³/mol. The average Bonchev–Trinajstić information content (AvgIpc) is 3.17. The fraction of sp³-hybridized carbons (Fsp3) is 0.0204. The van der Waals surface area contributed by atoms with Crippen molar-refractivity contribution in [2.24, 2.45) is 0 Å². The Morgan fingerprint density at radius 1 is 0.347 bits per heavy atom. The van der Waals surface area contributed by atoms with Crippen molar-refractivity contribution in [3.8, 4) is 33.4 Å². The molecule has 0 unspecified atom stereocenters. The van der Waals surface area contributed by atoms with Crippen molar-refractivity contribution >= 4 is 49.2 Å². The van der Waals surface area contributed by atoms with Crippen molar-refractivity contribution in [1.82, 2.24) is 0 Å². The Labute approximate surface area is 287 Å². The molecule has 230 valence electrons. The predicted octanol–water partition coefficient (Wildman–Crippen LogP) is 13.6. The summed E-state index contributed by atoms with van der Waals surface area (Å²) in [4.78, 5) is 0. The molecule has 0 N–H and O–H groups in total. The largest absolute Gasteiger partial charge is 0.0795 e. The third kappa shape index (κ3) is 5.38. The Balaban J connectivity index is 1.04. The first-order chi connectivity index (χ1) is 24.3. The second kappa shape index (κ2) is 12.4. The van der Waals surface area contributed by atoms with E-state index < -0.39 is 0 Å². The van der Waals surface area contributed by atoms with Crippen LogP contribution in [0, 0.1) is 0 Å². The van der Waals surface area contributed by atoms with Crippen molar-refractivity contribution < 1.29 is 0 Å². The highest BCUT2D eigenvalue weighted by atomic mass is 14.2. The Hall–Kier alpha value is -6.24. The fourth-order valence-electron chi connectivity index (χ4n) is 7.46. The first kappa shape index (κ1) is 28.9. The van der Waals surface area contributed by atoms with Crippen molar-refractivity contribution in [3.05, 3.63) is 199 Å². The van der Waals surface area contributed by atoms with Crippen molar-refractivity contribution in [1.29, 1.82) is 0 Å². The lowest BCUT2D eigenvalue weighted by Crippen LogP contribution is -1.92. The van der Waals surface area contributed by atoms with Gasteiger partial charge in [0.15, 0.2) is 0 Å². The van der Waals surface area contributed by atoms with Gasteiger partial charge in [-0.15, -0.1) is 0 Å². The van der Waals surface area contributed by atoms with Gasteiger partial charge in [-0.1, -0.05) is 188 Å². The van der Waals surface area contributed by atoms with E-state index >= 15 is 0 Å². The van der Waals surface area contributed by atoms with Crippen LogP contribution in [0.5, 0.6) is 0 Å². The summed E-state index contributed by atoms with van der Waals surface area (Å²) in [5, 5.41) is 10.3. The highest BCUT2D eigenvalue weighted by molar-refractivity contribution is 6.27. The Morgan fingerprint density at radius 2 is 0.918 bits per heavy atom. The van der Waals surface area contributed by atoms with Crippen LogP contribution >= 0.6 is 0 Å². The highest BCUT2D eigenvalue weighted by Crippen LogP contribution is 2.46. The Kier molecular flexibility index (Phi) is 7.33. The summed E-state index contributed by atoms with van der Waals surface area (Å²) < 4.78 is 0. The summed E-state index contributed by atoms with van der Waals surface area (Å²) in [6, 6.07) is 66.4. The second-order valence-electron chi connectivity index (χ2n) is 12.9. The molecule has 0 aromatic heterocycles. The van der Waals surface area contributed by atoms with Crippen LogP contribution in [-0.2, 0) is 6.42 Å². The molecule has 9 aromatic rings. The fourth-order valence-corrected chi connectivity index (χ4v) is 7.46. The van der Waals surface area contributed by atoms with Crippen LogP contribution in [0.4, 0.5) is 0 Å². The van der Waals surface area contributed by atoms with Crippen LogP contribution in [0.3, 0.4) is 0 Å². The van der Waals surface area contributed by atoms with Gasteiger partial charge in [0.05, 0.1) is 0 Å². The van der Waals surface area contributed by atoms with Crippen LogP contribution in [0.15, 0.2) is 188 Å². The summed E-state index contributed by atoms with van der Waals surface area (Å²) in [5.41, 5.74) is 10.1. The lowest BCUT2D eigenvalue weighted by Gasteiger charge is -2.19. The molecule has 0 spiro atoms. The van der Waals surface area contributed by atoms with Crippen molar-refractivity contribution in [2.75, 3.05) is 0 Å². The molecule has 0 amide bonds. The van der Waals surface area contributed by atoms with Gasteiger partial charge in [0.2, 0.25) is 0 Å². The highest BCUT2D eigenvalue weighted by Gasteiger charge is 2.18. The number of hydrogen-bond acceptors (Lipinski definition) is 0. The van der Waals surface area contributed by atoms with Gasteiger partial charge in [0.1, 0.15) is 0 Å². The van der Waals surface area contributed by atoms with Crippen molar-refractivity contribution in [2.45, 2.75) is 6.42 Å². The van der Waals surface area contributed by atoms with Gasteiger partial charge < -0.3 is 0 Å². The summed E-state index contributed by atoms with van der Waals surface area (Å²) in [6.07, 6.45) is 5.40. The average molecular weight is 623 g/mol. The second-order valence-corrected chi connectivity index (χ2v) is 12.9. The molecular formula is C49H34. The number of hydrogen-bond donors (Lipinski definition) is 0. The lowest BCUT2D eigenvalue weighted by atomic mass is 9.84. The van der Waals surface area contributed by atoms with Crippen LogP contribution in [-0.4, -0.2) is 0 Å². The molecule has 0 saturated carbocycles. The minimum Gasteiger partial charge on any atom is -0.0795 e. The van der Waals surface area contributed by atoms with Gasteiger partial charge in [0, 0.05) is 0 Å². The zero-order valence-electron chi connectivity index (χ0n) is 27.2. The van der Waals surface area contributed by atoms with Gasteiger partial charge in [-0.3, -0.25) is 0 Å². The smallest absolute Gasteiger partial charge is 0.00141 e. The molecule has 0 radical (unpaired) electrons. The molecule has 0 heterocycles. The molecule has 9 rings (SSSR count). The van der Waals surface area contributed by atoms with Crippen LogP contribution in [0.25, 0.3) is 82.5 Å². The molecule has 0 atom stereocenters. The normalized spacial score (nSPS) is 11.7. The maximum absolute atomic E-state index is 2.32. The van der Waals surface area contributed by atoms with Gasteiger partial charge in [-0.2, -0.15) is 0 Å². The third-order valence-corrected chi connectivity index (χ3v) is 9.88. The van der Waals surface area contributed by atoms with E-state index in [1.807, 2.05) is 0 Å². The molecule has 0 saturated heterocycles. The lowest BCUT2D eigenvalue weighted by molar-refractivity contribution is 1.28. The standard InChI is InChI=1S/C49H34/c1-2-15-39(16-3-1)48-45-20-9-8-19-44(45)47(46-32-31-38-14-6-7-18-43(38)49(46)48)40-27-23-35(24-28-40)12-10-11-34-21-25-37(26-22-34)42-30-29-36-13-4-5-17-41(36)33-42/h1-10,12-33H,11H2/b12-10+. The molecule has 0 nitrogen and oxygen atoms in total. The van der Waals surface area contributed by atoms with Crippen LogP contribution in [0.1, 0.15) is 11.1 Å². The molecule has 0 aliphatic rings. The van der Waals surface area contributed by atoms with Gasteiger partial charge in [-0.25, -0.2) is 0 Å². The van der Waals surface area contributed by atoms with E-state index in [9.17, 15) is 0 Å². The minimum absolute atomic E-state index is 0.892. The van der Waals surface area contributed by atoms with E-state index in [2.05, 4.69) is 194 Å². The topological polar surface area (TPSA) is 0 Å². The van der Waals surface area contributed by atoms with E-state index in [1.54, 1.807) is 0 Å². The van der Waals surface area contributed by atoms with Gasteiger partial charge in [0.25, 0.3) is 0 Å². The molecule has 0 aliphatic heterocycles. The summed E-state index contributed by atoms with van der Waals surface area (Å²) >= 11 is 0. The molecule has 0 aliphatic carbocycles. The number of allylic oxidation sites excluding steroid dienone is 1. The first-order valence-electron chi connectivity index (χ1n) is 17.1. The first-order valence-corrected chi connectivity index (χ1v) is 17.1. The Bertz CT molecular complexity index is 2640. The molecule has 0 heteroatoms. The third-order valence-electron chi connectivity index (χ3n) is 9.88. The molecule has 0 fully saturated rings. The molecular weight excluding hydrogens is 589 g/mol.